The lowest BCUT2D eigenvalue weighted by molar-refractivity contribution is 0.0603. The molecule has 0 saturated heterocycles. The van der Waals surface area contributed by atoms with E-state index >= 15 is 0 Å². The Morgan fingerprint density at radius 3 is 2.44 bits per heavy atom. The molecular formula is C13H10O3. The van der Waals surface area contributed by atoms with E-state index in [-0.39, 0.29) is 0 Å². The highest BCUT2D eigenvalue weighted by molar-refractivity contribution is 6.09. The molecule has 0 amide bonds. The van der Waals surface area contributed by atoms with Crippen LogP contribution in [0.1, 0.15) is 20.7 Å². The van der Waals surface area contributed by atoms with E-state index in [0.29, 0.717) is 11.1 Å². The van der Waals surface area contributed by atoms with Gasteiger partial charge in [0.25, 0.3) is 0 Å². The third-order valence-corrected chi connectivity index (χ3v) is 2.49. The van der Waals surface area contributed by atoms with Crippen LogP contribution in [-0.2, 0) is 4.74 Å². The third kappa shape index (κ3) is 1.56. The van der Waals surface area contributed by atoms with Gasteiger partial charge in [-0.1, -0.05) is 30.3 Å². The Morgan fingerprint density at radius 2 is 1.81 bits per heavy atom. The summed E-state index contributed by atoms with van der Waals surface area (Å²) in [5.74, 6) is -0.395. The fraction of sp³-hybridized carbons (Fsp3) is 0.0769. The summed E-state index contributed by atoms with van der Waals surface area (Å²) in [7, 11) is 1.34. The van der Waals surface area contributed by atoms with Crippen LogP contribution in [0.25, 0.3) is 10.8 Å². The zero-order valence-electron chi connectivity index (χ0n) is 8.77. The van der Waals surface area contributed by atoms with E-state index in [1.165, 1.54) is 7.11 Å². The van der Waals surface area contributed by atoms with Crippen LogP contribution in [-0.4, -0.2) is 19.4 Å². The second kappa shape index (κ2) is 4.14. The molecule has 0 radical (unpaired) electrons. The van der Waals surface area contributed by atoms with Crippen molar-refractivity contribution in [2.75, 3.05) is 7.11 Å². The van der Waals surface area contributed by atoms with Crippen LogP contribution in [0.15, 0.2) is 36.4 Å². The van der Waals surface area contributed by atoms with Crippen LogP contribution in [0.2, 0.25) is 0 Å². The largest absolute Gasteiger partial charge is 0.465 e. The first-order valence-electron chi connectivity index (χ1n) is 4.83. The first-order valence-corrected chi connectivity index (χ1v) is 4.83. The predicted molar refractivity (Wildman–Crippen MR) is 60.7 cm³/mol. The van der Waals surface area contributed by atoms with E-state index in [0.717, 1.165) is 17.1 Å². The molecule has 0 unspecified atom stereocenters. The van der Waals surface area contributed by atoms with Crippen LogP contribution in [0.3, 0.4) is 0 Å². The van der Waals surface area contributed by atoms with E-state index in [2.05, 4.69) is 0 Å². The van der Waals surface area contributed by atoms with Gasteiger partial charge in [-0.2, -0.15) is 0 Å². The van der Waals surface area contributed by atoms with Crippen molar-refractivity contribution < 1.29 is 14.3 Å². The van der Waals surface area contributed by atoms with Crippen molar-refractivity contribution in [2.45, 2.75) is 0 Å². The zero-order chi connectivity index (χ0) is 11.5. The number of methoxy groups -OCH3 is 1. The number of esters is 1. The minimum atomic E-state index is -0.395. The lowest BCUT2D eigenvalue weighted by atomic mass is 10.0. The fourth-order valence-corrected chi connectivity index (χ4v) is 1.71. The van der Waals surface area contributed by atoms with Crippen LogP contribution in [0, 0.1) is 0 Å². The number of hydrogen-bond acceptors (Lipinski definition) is 3. The number of benzene rings is 2. The highest BCUT2D eigenvalue weighted by Gasteiger charge is 2.11. The van der Waals surface area contributed by atoms with Crippen LogP contribution < -0.4 is 0 Å². The number of hydrogen-bond donors (Lipinski definition) is 0. The molecule has 16 heavy (non-hydrogen) atoms. The Kier molecular flexibility index (Phi) is 2.68. The number of ether oxygens (including phenoxy) is 1. The molecule has 0 bridgehead atoms. The molecule has 0 aliphatic carbocycles. The number of rotatable bonds is 2. The van der Waals surface area contributed by atoms with Gasteiger partial charge in [-0.15, -0.1) is 0 Å². The fourth-order valence-electron chi connectivity index (χ4n) is 1.71. The molecule has 3 nitrogen and oxygen atoms in total. The maximum Gasteiger partial charge on any atom is 0.338 e. The monoisotopic (exact) mass is 214 g/mol. The summed E-state index contributed by atoms with van der Waals surface area (Å²) in [6.07, 6.45) is 0.781. The summed E-state index contributed by atoms with van der Waals surface area (Å²) in [5, 5.41) is 1.50. The number of carbonyl (C=O) groups is 2. The molecule has 0 aliphatic rings. The van der Waals surface area contributed by atoms with Crippen LogP contribution >= 0.6 is 0 Å². The second-order valence-corrected chi connectivity index (χ2v) is 3.36. The lowest BCUT2D eigenvalue weighted by Gasteiger charge is -2.06. The molecule has 0 atom stereocenters. The Hall–Kier alpha value is -2.16. The first-order chi connectivity index (χ1) is 7.77. The average molecular weight is 214 g/mol. The van der Waals surface area contributed by atoms with E-state index < -0.39 is 5.97 Å². The Morgan fingerprint density at radius 1 is 1.12 bits per heavy atom. The summed E-state index contributed by atoms with van der Waals surface area (Å²) in [5.41, 5.74) is 1.05. The van der Waals surface area contributed by atoms with Gasteiger partial charge in [-0.05, 0) is 16.8 Å². The lowest BCUT2D eigenvalue weighted by Crippen LogP contribution is -2.02. The molecule has 2 rings (SSSR count). The highest BCUT2D eigenvalue weighted by Crippen LogP contribution is 2.22. The van der Waals surface area contributed by atoms with Gasteiger partial charge in [0.1, 0.15) is 0 Å². The van der Waals surface area contributed by atoms with Gasteiger partial charge in [0.15, 0.2) is 6.29 Å². The number of fused-ring (bicyclic) bond motifs is 1. The normalized spacial score (nSPS) is 10.1. The summed E-state index contributed by atoms with van der Waals surface area (Å²) in [6.45, 7) is 0. The molecule has 0 N–H and O–H groups in total. The van der Waals surface area contributed by atoms with Crippen molar-refractivity contribution in [1.29, 1.82) is 0 Å². The smallest absolute Gasteiger partial charge is 0.338 e. The van der Waals surface area contributed by atoms with E-state index in [4.69, 9.17) is 4.74 Å². The summed E-state index contributed by atoms with van der Waals surface area (Å²) < 4.78 is 4.69. The molecule has 0 aliphatic heterocycles. The Bertz CT molecular complexity index is 558. The molecule has 0 heterocycles. The summed E-state index contributed by atoms with van der Waals surface area (Å²) in [4.78, 5) is 22.4. The van der Waals surface area contributed by atoms with E-state index in [1.807, 2.05) is 18.2 Å². The molecule has 2 aromatic rings. The second-order valence-electron chi connectivity index (χ2n) is 3.36. The van der Waals surface area contributed by atoms with Crippen molar-refractivity contribution >= 4 is 23.0 Å². The van der Waals surface area contributed by atoms with Gasteiger partial charge in [-0.25, -0.2) is 4.79 Å². The SMILES string of the molecule is COC(=O)c1ccc(C=O)c2ccccc12. The average Bonchev–Trinajstić information content (AvgIpc) is 2.36. The van der Waals surface area contributed by atoms with Gasteiger partial charge in [0.05, 0.1) is 12.7 Å². The minimum absolute atomic E-state index is 0.395. The van der Waals surface area contributed by atoms with Gasteiger partial charge in [-0.3, -0.25) is 4.79 Å². The summed E-state index contributed by atoms with van der Waals surface area (Å²) in [6, 6.07) is 10.5. The van der Waals surface area contributed by atoms with Gasteiger partial charge < -0.3 is 4.74 Å². The Balaban J connectivity index is 2.79. The minimum Gasteiger partial charge on any atom is -0.465 e. The van der Waals surface area contributed by atoms with Crippen molar-refractivity contribution in [3.63, 3.8) is 0 Å². The maximum absolute atomic E-state index is 11.5. The molecule has 80 valence electrons. The third-order valence-electron chi connectivity index (χ3n) is 2.49. The van der Waals surface area contributed by atoms with Crippen molar-refractivity contribution in [3.05, 3.63) is 47.5 Å². The Labute approximate surface area is 92.6 Å². The molecule has 0 spiro atoms. The predicted octanol–water partition coefficient (Wildman–Crippen LogP) is 2.44. The number of aldehydes is 1. The van der Waals surface area contributed by atoms with Gasteiger partial charge in [0, 0.05) is 5.56 Å². The van der Waals surface area contributed by atoms with Crippen LogP contribution in [0.4, 0.5) is 0 Å². The molecule has 0 saturated carbocycles. The highest BCUT2D eigenvalue weighted by atomic mass is 16.5. The molecule has 3 heteroatoms. The molecule has 2 aromatic carbocycles. The molecule has 0 aromatic heterocycles. The van der Waals surface area contributed by atoms with Crippen molar-refractivity contribution in [2.24, 2.45) is 0 Å². The quantitative estimate of drug-likeness (QED) is 0.569. The zero-order valence-corrected chi connectivity index (χ0v) is 8.77. The first kappa shape index (κ1) is 10.4. The molecule has 0 fully saturated rings. The summed E-state index contributed by atoms with van der Waals surface area (Å²) >= 11 is 0. The maximum atomic E-state index is 11.5. The standard InChI is InChI=1S/C13H10O3/c1-16-13(15)12-7-6-9(8-14)10-4-2-3-5-11(10)12/h2-8H,1H3. The van der Waals surface area contributed by atoms with Crippen LogP contribution in [0.5, 0.6) is 0 Å². The van der Waals surface area contributed by atoms with Gasteiger partial charge >= 0.3 is 5.97 Å². The number of carbonyl (C=O) groups excluding carboxylic acids is 2. The van der Waals surface area contributed by atoms with Crippen molar-refractivity contribution in [3.8, 4) is 0 Å². The van der Waals surface area contributed by atoms with E-state index in [9.17, 15) is 9.59 Å². The van der Waals surface area contributed by atoms with Crippen molar-refractivity contribution in [1.82, 2.24) is 0 Å². The van der Waals surface area contributed by atoms with Gasteiger partial charge in [0.2, 0.25) is 0 Å². The van der Waals surface area contributed by atoms with E-state index in [1.54, 1.807) is 18.2 Å². The molecular weight excluding hydrogens is 204 g/mol. The topological polar surface area (TPSA) is 43.4 Å².